The van der Waals surface area contributed by atoms with Gasteiger partial charge in [-0.25, -0.2) is 4.99 Å². The standard InChI is InChI=1S/C23H33N3O2.HI/c1-2-24-22(26-20-18-10-13-27-21(18)23(20)11-5-12-23)25-14-17-6-3-4-7-19(17)28-15-16-8-9-16;/h3-4,6-7,16,18,20-21H,2,5,8-15H2,1H3,(H2,24,25,26);1H. The number of rotatable bonds is 7. The molecule has 3 saturated carbocycles. The summed E-state index contributed by atoms with van der Waals surface area (Å²) in [4.78, 5) is 4.92. The van der Waals surface area contributed by atoms with Gasteiger partial charge in [-0.05, 0) is 51.0 Å². The fourth-order valence-corrected chi connectivity index (χ4v) is 5.35. The number of hydrogen-bond donors (Lipinski definition) is 2. The Labute approximate surface area is 191 Å². The second kappa shape index (κ2) is 9.00. The predicted octanol–water partition coefficient (Wildman–Crippen LogP) is 4.11. The summed E-state index contributed by atoms with van der Waals surface area (Å²) in [5.41, 5.74) is 1.53. The van der Waals surface area contributed by atoms with Crippen molar-refractivity contribution in [3.63, 3.8) is 0 Å². The van der Waals surface area contributed by atoms with Crippen molar-refractivity contribution < 1.29 is 9.47 Å². The molecule has 1 heterocycles. The minimum atomic E-state index is 0. The Hall–Kier alpha value is -1.02. The van der Waals surface area contributed by atoms with Gasteiger partial charge in [0.15, 0.2) is 5.96 Å². The van der Waals surface area contributed by atoms with Crippen LogP contribution in [0.25, 0.3) is 0 Å². The first-order valence-corrected chi connectivity index (χ1v) is 11.2. The number of nitrogens with zero attached hydrogens (tertiary/aromatic N) is 1. The van der Waals surface area contributed by atoms with E-state index in [0.29, 0.717) is 30.0 Å². The molecule has 3 atom stereocenters. The van der Waals surface area contributed by atoms with Crippen molar-refractivity contribution >= 4 is 29.9 Å². The Morgan fingerprint density at radius 2 is 2.07 bits per heavy atom. The van der Waals surface area contributed by atoms with Crippen LogP contribution in [0.5, 0.6) is 5.75 Å². The first kappa shape index (κ1) is 21.2. The van der Waals surface area contributed by atoms with Crippen molar-refractivity contribution in [1.29, 1.82) is 0 Å². The van der Waals surface area contributed by atoms with Gasteiger partial charge >= 0.3 is 0 Å². The molecule has 0 bridgehead atoms. The maximum Gasteiger partial charge on any atom is 0.191 e. The zero-order valence-electron chi connectivity index (χ0n) is 17.4. The minimum absolute atomic E-state index is 0. The smallest absolute Gasteiger partial charge is 0.191 e. The quantitative estimate of drug-likeness (QED) is 0.329. The SMILES string of the molecule is CCNC(=NCc1ccccc1OCC1CC1)NC1C2CCOC2C12CCC2.I. The molecular weight excluding hydrogens is 477 g/mol. The van der Waals surface area contributed by atoms with Gasteiger partial charge in [-0.2, -0.15) is 0 Å². The number of aliphatic imine (C=N–C) groups is 1. The third kappa shape index (κ3) is 4.11. The molecular formula is C23H34IN3O2. The molecule has 1 aliphatic heterocycles. The van der Waals surface area contributed by atoms with Gasteiger partial charge in [0.2, 0.25) is 0 Å². The monoisotopic (exact) mass is 511 g/mol. The van der Waals surface area contributed by atoms with E-state index in [1.165, 1.54) is 38.5 Å². The molecule has 1 spiro atoms. The van der Waals surface area contributed by atoms with Crippen LogP contribution in [-0.4, -0.2) is 37.9 Å². The lowest BCUT2D eigenvalue weighted by Gasteiger charge is -2.63. The van der Waals surface area contributed by atoms with Crippen LogP contribution >= 0.6 is 24.0 Å². The molecule has 6 heteroatoms. The lowest BCUT2D eigenvalue weighted by Crippen LogP contribution is -2.72. The van der Waals surface area contributed by atoms with Crippen molar-refractivity contribution in [3.05, 3.63) is 29.8 Å². The molecule has 0 radical (unpaired) electrons. The molecule has 1 saturated heterocycles. The van der Waals surface area contributed by atoms with Crippen LogP contribution in [0.1, 0.15) is 51.0 Å². The first-order chi connectivity index (χ1) is 13.8. The summed E-state index contributed by atoms with van der Waals surface area (Å²) in [6.07, 6.45) is 8.21. The average molecular weight is 511 g/mol. The van der Waals surface area contributed by atoms with Gasteiger partial charge in [0.25, 0.3) is 0 Å². The normalized spacial score (nSPS) is 29.3. The number of ether oxygens (including phenoxy) is 2. The van der Waals surface area contributed by atoms with E-state index in [1.807, 2.05) is 6.07 Å². The lowest BCUT2D eigenvalue weighted by molar-refractivity contribution is -0.171. The lowest BCUT2D eigenvalue weighted by atomic mass is 9.46. The molecule has 29 heavy (non-hydrogen) atoms. The molecule has 3 unspecified atom stereocenters. The highest BCUT2D eigenvalue weighted by atomic mass is 127. The highest BCUT2D eigenvalue weighted by Crippen LogP contribution is 2.62. The topological polar surface area (TPSA) is 54.9 Å². The van der Waals surface area contributed by atoms with E-state index in [9.17, 15) is 0 Å². The summed E-state index contributed by atoms with van der Waals surface area (Å²) in [6, 6.07) is 8.84. The fraction of sp³-hybridized carbons (Fsp3) is 0.696. The maximum absolute atomic E-state index is 6.06. The summed E-state index contributed by atoms with van der Waals surface area (Å²) in [6.45, 7) is 5.41. The summed E-state index contributed by atoms with van der Waals surface area (Å²) in [7, 11) is 0. The summed E-state index contributed by atoms with van der Waals surface area (Å²) >= 11 is 0. The van der Waals surface area contributed by atoms with Crippen LogP contribution in [0.3, 0.4) is 0 Å². The van der Waals surface area contributed by atoms with Crippen molar-refractivity contribution in [2.45, 2.75) is 64.1 Å². The number of guanidine groups is 1. The third-order valence-corrected chi connectivity index (χ3v) is 7.22. The fourth-order valence-electron chi connectivity index (χ4n) is 5.35. The Morgan fingerprint density at radius 3 is 2.79 bits per heavy atom. The highest BCUT2D eigenvalue weighted by Gasteiger charge is 2.66. The number of hydrogen-bond acceptors (Lipinski definition) is 3. The molecule has 4 aliphatic rings. The Bertz CT molecular complexity index is 733. The largest absolute Gasteiger partial charge is 0.493 e. The molecule has 3 aliphatic carbocycles. The van der Waals surface area contributed by atoms with Gasteiger partial charge in [-0.15, -0.1) is 24.0 Å². The van der Waals surface area contributed by atoms with Gasteiger partial charge in [0, 0.05) is 36.1 Å². The zero-order chi connectivity index (χ0) is 19.0. The maximum atomic E-state index is 6.06. The van der Waals surface area contributed by atoms with Gasteiger partial charge in [-0.1, -0.05) is 24.6 Å². The predicted molar refractivity (Wildman–Crippen MR) is 126 cm³/mol. The van der Waals surface area contributed by atoms with Gasteiger partial charge in [0.05, 0.1) is 19.3 Å². The van der Waals surface area contributed by atoms with Gasteiger partial charge in [-0.3, -0.25) is 0 Å². The summed E-state index contributed by atoms with van der Waals surface area (Å²) in [5.74, 6) is 3.33. The average Bonchev–Trinajstić information content (AvgIpc) is 3.40. The van der Waals surface area contributed by atoms with E-state index in [2.05, 4.69) is 35.8 Å². The molecule has 5 rings (SSSR count). The number of halogens is 1. The second-order valence-electron chi connectivity index (χ2n) is 9.01. The zero-order valence-corrected chi connectivity index (χ0v) is 19.7. The van der Waals surface area contributed by atoms with E-state index in [4.69, 9.17) is 14.5 Å². The van der Waals surface area contributed by atoms with Crippen LogP contribution in [-0.2, 0) is 11.3 Å². The van der Waals surface area contributed by atoms with E-state index in [1.54, 1.807) is 0 Å². The molecule has 0 amide bonds. The second-order valence-corrected chi connectivity index (χ2v) is 9.01. The summed E-state index contributed by atoms with van der Waals surface area (Å²) in [5, 5.41) is 7.24. The molecule has 4 fully saturated rings. The van der Waals surface area contributed by atoms with Crippen LogP contribution in [0.15, 0.2) is 29.3 Å². The van der Waals surface area contributed by atoms with Crippen molar-refractivity contribution in [2.24, 2.45) is 22.2 Å². The van der Waals surface area contributed by atoms with Crippen LogP contribution < -0.4 is 15.4 Å². The van der Waals surface area contributed by atoms with Crippen LogP contribution in [0, 0.1) is 17.3 Å². The van der Waals surface area contributed by atoms with E-state index in [-0.39, 0.29) is 24.0 Å². The minimum Gasteiger partial charge on any atom is -0.493 e. The molecule has 2 N–H and O–H groups in total. The van der Waals surface area contributed by atoms with E-state index in [0.717, 1.165) is 42.9 Å². The Balaban J connectivity index is 0.00000205. The number of nitrogens with one attached hydrogen (secondary N) is 2. The molecule has 0 aromatic heterocycles. The third-order valence-electron chi connectivity index (χ3n) is 7.22. The molecule has 1 aromatic rings. The summed E-state index contributed by atoms with van der Waals surface area (Å²) < 4.78 is 12.1. The first-order valence-electron chi connectivity index (χ1n) is 11.2. The number of fused-ring (bicyclic) bond motifs is 2. The molecule has 1 aromatic carbocycles. The Kier molecular flexibility index (Phi) is 6.59. The molecule has 160 valence electrons. The van der Waals surface area contributed by atoms with Crippen molar-refractivity contribution in [2.75, 3.05) is 19.8 Å². The van der Waals surface area contributed by atoms with Gasteiger partial charge in [0.1, 0.15) is 5.75 Å². The van der Waals surface area contributed by atoms with E-state index < -0.39 is 0 Å². The van der Waals surface area contributed by atoms with E-state index >= 15 is 0 Å². The number of benzene rings is 1. The molecule has 5 nitrogen and oxygen atoms in total. The Morgan fingerprint density at radius 1 is 1.24 bits per heavy atom. The van der Waals surface area contributed by atoms with Crippen molar-refractivity contribution in [1.82, 2.24) is 10.6 Å². The van der Waals surface area contributed by atoms with Crippen molar-refractivity contribution in [3.8, 4) is 5.75 Å². The van der Waals surface area contributed by atoms with Crippen LogP contribution in [0.4, 0.5) is 0 Å². The van der Waals surface area contributed by atoms with Gasteiger partial charge < -0.3 is 20.1 Å². The highest BCUT2D eigenvalue weighted by molar-refractivity contribution is 14.0. The van der Waals surface area contributed by atoms with Crippen LogP contribution in [0.2, 0.25) is 0 Å². The number of para-hydroxylation sites is 1.